The maximum Gasteiger partial charge on any atom is 0.0440 e. The number of hydrogen-bond donors (Lipinski definition) is 1. The van der Waals surface area contributed by atoms with Crippen molar-refractivity contribution < 1.29 is 0 Å². The van der Waals surface area contributed by atoms with Crippen LogP contribution >= 0.6 is 0 Å². The molecular formula is C19H24N2. The minimum absolute atomic E-state index is 0.500. The first-order valence-corrected chi connectivity index (χ1v) is 7.77. The van der Waals surface area contributed by atoms with Crippen molar-refractivity contribution in [2.45, 2.75) is 25.3 Å². The van der Waals surface area contributed by atoms with Gasteiger partial charge in [-0.15, -0.1) is 0 Å². The molecule has 0 bridgehead atoms. The van der Waals surface area contributed by atoms with E-state index in [1.807, 2.05) is 0 Å². The van der Waals surface area contributed by atoms with Gasteiger partial charge >= 0.3 is 0 Å². The highest BCUT2D eigenvalue weighted by atomic mass is 15.1. The van der Waals surface area contributed by atoms with Crippen LogP contribution in [-0.2, 0) is 6.42 Å². The number of fused-ring (bicyclic) bond motifs is 1. The van der Waals surface area contributed by atoms with Crippen molar-refractivity contribution >= 4 is 5.69 Å². The molecule has 0 aromatic heterocycles. The van der Waals surface area contributed by atoms with Crippen molar-refractivity contribution in [3.8, 4) is 11.1 Å². The van der Waals surface area contributed by atoms with Crippen molar-refractivity contribution in [3.63, 3.8) is 0 Å². The fraction of sp³-hybridized carbons (Fsp3) is 0.368. The van der Waals surface area contributed by atoms with Crippen LogP contribution in [0.5, 0.6) is 0 Å². The molecule has 110 valence electrons. The highest BCUT2D eigenvalue weighted by molar-refractivity contribution is 5.79. The Bertz CT molecular complexity index is 631. The summed E-state index contributed by atoms with van der Waals surface area (Å²) in [5.41, 5.74) is 6.89. The van der Waals surface area contributed by atoms with E-state index in [1.165, 1.54) is 47.2 Å². The first-order valence-electron chi connectivity index (χ1n) is 7.77. The fourth-order valence-electron chi connectivity index (χ4n) is 3.37. The van der Waals surface area contributed by atoms with E-state index in [4.69, 9.17) is 0 Å². The molecule has 0 saturated carbocycles. The summed E-state index contributed by atoms with van der Waals surface area (Å²) in [4.78, 5) is 2.18. The summed E-state index contributed by atoms with van der Waals surface area (Å²) in [6.45, 7) is 0. The van der Waals surface area contributed by atoms with E-state index in [0.29, 0.717) is 6.04 Å². The smallest absolute Gasteiger partial charge is 0.0440 e. The Kier molecular flexibility index (Phi) is 3.98. The molecule has 0 fully saturated rings. The third-order valence-corrected chi connectivity index (χ3v) is 4.51. The maximum atomic E-state index is 3.47. The zero-order valence-electron chi connectivity index (χ0n) is 13.2. The van der Waals surface area contributed by atoms with E-state index in [9.17, 15) is 0 Å². The van der Waals surface area contributed by atoms with Crippen LogP contribution in [0.3, 0.4) is 0 Å². The first-order chi connectivity index (χ1) is 10.2. The Morgan fingerprint density at radius 1 is 1.10 bits per heavy atom. The lowest BCUT2D eigenvalue weighted by Crippen LogP contribution is -2.21. The Balaban J connectivity index is 2.08. The number of nitrogens with one attached hydrogen (secondary N) is 1. The van der Waals surface area contributed by atoms with E-state index in [-0.39, 0.29) is 0 Å². The molecule has 3 rings (SSSR count). The molecule has 1 aliphatic carbocycles. The first kappa shape index (κ1) is 14.2. The minimum Gasteiger partial charge on any atom is -0.377 e. The highest BCUT2D eigenvalue weighted by Gasteiger charge is 2.19. The van der Waals surface area contributed by atoms with Crippen LogP contribution in [0.4, 0.5) is 5.69 Å². The third-order valence-electron chi connectivity index (χ3n) is 4.51. The van der Waals surface area contributed by atoms with Gasteiger partial charge in [0.2, 0.25) is 0 Å². The molecule has 0 spiro atoms. The van der Waals surface area contributed by atoms with Crippen molar-refractivity contribution in [2.24, 2.45) is 0 Å². The van der Waals surface area contributed by atoms with E-state index in [2.05, 4.69) is 73.8 Å². The van der Waals surface area contributed by atoms with Gasteiger partial charge < -0.3 is 10.2 Å². The van der Waals surface area contributed by atoms with Crippen LogP contribution in [-0.4, -0.2) is 21.1 Å². The number of para-hydroxylation sites is 1. The van der Waals surface area contributed by atoms with Crippen molar-refractivity contribution in [3.05, 3.63) is 53.6 Å². The van der Waals surface area contributed by atoms with Crippen molar-refractivity contribution in [1.29, 1.82) is 0 Å². The largest absolute Gasteiger partial charge is 0.377 e. The highest BCUT2D eigenvalue weighted by Crippen LogP contribution is 2.35. The second-order valence-electron chi connectivity index (χ2n) is 6.06. The molecule has 2 aromatic carbocycles. The lowest BCUT2D eigenvalue weighted by atomic mass is 9.85. The summed E-state index contributed by atoms with van der Waals surface area (Å²) in [5.74, 6) is 0. The summed E-state index contributed by atoms with van der Waals surface area (Å²) < 4.78 is 0. The molecular weight excluding hydrogens is 256 g/mol. The monoisotopic (exact) mass is 280 g/mol. The van der Waals surface area contributed by atoms with Crippen LogP contribution in [0.1, 0.15) is 30.0 Å². The average molecular weight is 280 g/mol. The molecule has 1 unspecified atom stereocenters. The maximum absolute atomic E-state index is 3.47. The second-order valence-corrected chi connectivity index (χ2v) is 6.06. The molecule has 0 saturated heterocycles. The van der Waals surface area contributed by atoms with Gasteiger partial charge in [-0.05, 0) is 55.1 Å². The Hall–Kier alpha value is -1.80. The van der Waals surface area contributed by atoms with Crippen LogP contribution < -0.4 is 10.2 Å². The quantitative estimate of drug-likeness (QED) is 0.913. The number of nitrogens with zero attached hydrogens (tertiary/aromatic N) is 1. The van der Waals surface area contributed by atoms with Crippen LogP contribution in [0.25, 0.3) is 11.1 Å². The van der Waals surface area contributed by atoms with Gasteiger partial charge in [-0.2, -0.15) is 0 Å². The summed E-state index contributed by atoms with van der Waals surface area (Å²) in [7, 11) is 6.28. The van der Waals surface area contributed by atoms with Crippen molar-refractivity contribution in [1.82, 2.24) is 5.32 Å². The predicted octanol–water partition coefficient (Wildman–Crippen LogP) is 4.02. The normalized spacial score (nSPS) is 17.4. The molecule has 2 nitrogen and oxygen atoms in total. The van der Waals surface area contributed by atoms with E-state index in [1.54, 1.807) is 0 Å². The van der Waals surface area contributed by atoms with Gasteiger partial charge in [0, 0.05) is 31.4 Å². The third kappa shape index (κ3) is 2.68. The topological polar surface area (TPSA) is 15.3 Å². The molecule has 0 aliphatic heterocycles. The average Bonchev–Trinajstić information content (AvgIpc) is 2.53. The zero-order valence-corrected chi connectivity index (χ0v) is 13.2. The molecule has 1 aliphatic rings. The molecule has 0 heterocycles. The lowest BCUT2D eigenvalue weighted by molar-refractivity contribution is 0.497. The van der Waals surface area contributed by atoms with Crippen molar-refractivity contribution in [2.75, 3.05) is 26.0 Å². The summed E-state index contributed by atoms with van der Waals surface area (Å²) in [6, 6.07) is 16.1. The Morgan fingerprint density at radius 3 is 2.67 bits per heavy atom. The number of benzene rings is 2. The van der Waals surface area contributed by atoms with Gasteiger partial charge in [0.25, 0.3) is 0 Å². The zero-order chi connectivity index (χ0) is 14.8. The molecule has 2 heteroatoms. The number of rotatable bonds is 3. The predicted molar refractivity (Wildman–Crippen MR) is 90.9 cm³/mol. The standard InChI is InChI=1S/C19H24N2/c1-20-18-9-6-7-14-11-12-15(13-17(14)18)16-8-4-5-10-19(16)21(2)3/h4-5,8,10-13,18,20H,6-7,9H2,1-3H3. The number of aryl methyl sites for hydroxylation is 1. The van der Waals surface area contributed by atoms with Crippen LogP contribution in [0, 0.1) is 0 Å². The van der Waals surface area contributed by atoms with E-state index < -0.39 is 0 Å². The molecule has 0 amide bonds. The Morgan fingerprint density at radius 2 is 1.90 bits per heavy atom. The Labute approximate surface area is 127 Å². The van der Waals surface area contributed by atoms with E-state index >= 15 is 0 Å². The molecule has 2 aromatic rings. The van der Waals surface area contributed by atoms with Gasteiger partial charge in [0.15, 0.2) is 0 Å². The number of hydrogen-bond acceptors (Lipinski definition) is 2. The van der Waals surface area contributed by atoms with Gasteiger partial charge in [-0.1, -0.05) is 30.3 Å². The molecule has 0 radical (unpaired) electrons. The van der Waals surface area contributed by atoms with Crippen LogP contribution in [0.2, 0.25) is 0 Å². The minimum atomic E-state index is 0.500. The molecule has 1 N–H and O–H groups in total. The number of anilines is 1. The van der Waals surface area contributed by atoms with E-state index in [0.717, 1.165) is 0 Å². The summed E-state index contributed by atoms with van der Waals surface area (Å²) in [5, 5.41) is 3.47. The molecule has 21 heavy (non-hydrogen) atoms. The summed E-state index contributed by atoms with van der Waals surface area (Å²) in [6.07, 6.45) is 3.73. The second kappa shape index (κ2) is 5.90. The fourth-order valence-corrected chi connectivity index (χ4v) is 3.37. The SMILES string of the molecule is CNC1CCCc2ccc(-c3ccccc3N(C)C)cc21. The lowest BCUT2D eigenvalue weighted by Gasteiger charge is -2.26. The van der Waals surface area contributed by atoms with Gasteiger partial charge in [0.05, 0.1) is 0 Å². The van der Waals surface area contributed by atoms with Gasteiger partial charge in [-0.25, -0.2) is 0 Å². The van der Waals surface area contributed by atoms with Gasteiger partial charge in [0.1, 0.15) is 0 Å². The van der Waals surface area contributed by atoms with Crippen LogP contribution in [0.15, 0.2) is 42.5 Å². The van der Waals surface area contributed by atoms with Gasteiger partial charge in [-0.3, -0.25) is 0 Å². The summed E-state index contributed by atoms with van der Waals surface area (Å²) >= 11 is 0. The molecule has 1 atom stereocenters.